The summed E-state index contributed by atoms with van der Waals surface area (Å²) in [6.45, 7) is 1.95. The predicted octanol–water partition coefficient (Wildman–Crippen LogP) is 2.99. The third-order valence-corrected chi connectivity index (χ3v) is 2.58. The molecule has 0 bridgehead atoms. The molecule has 0 fully saturated rings. The molecule has 1 N–H and O–H groups in total. The molecule has 2 rings (SSSR count). The van der Waals surface area contributed by atoms with Gasteiger partial charge in [-0.05, 0) is 47.2 Å². The minimum atomic E-state index is 0.952. The van der Waals surface area contributed by atoms with Gasteiger partial charge in [-0.2, -0.15) is 0 Å². The Morgan fingerprint density at radius 2 is 1.92 bits per heavy atom. The highest BCUT2D eigenvalue weighted by atomic mass is 127. The average molecular weight is 284 g/mol. The molecule has 1 aromatic carbocycles. The van der Waals surface area contributed by atoms with Crippen molar-refractivity contribution < 1.29 is 0 Å². The molecule has 2 aromatic rings. The van der Waals surface area contributed by atoms with Gasteiger partial charge < -0.3 is 4.98 Å². The van der Waals surface area contributed by atoms with Gasteiger partial charge in [-0.1, -0.05) is 12.1 Å². The number of imidazole rings is 1. The van der Waals surface area contributed by atoms with Crippen LogP contribution in [0.5, 0.6) is 0 Å². The van der Waals surface area contributed by atoms with E-state index in [1.807, 2.05) is 13.1 Å². The number of benzene rings is 1. The molecule has 2 nitrogen and oxygen atoms in total. The van der Waals surface area contributed by atoms with Gasteiger partial charge in [-0.15, -0.1) is 0 Å². The van der Waals surface area contributed by atoms with E-state index in [0.29, 0.717) is 0 Å². The highest BCUT2D eigenvalue weighted by Gasteiger charge is 1.99. The van der Waals surface area contributed by atoms with Gasteiger partial charge in [0.1, 0.15) is 5.82 Å². The van der Waals surface area contributed by atoms with Gasteiger partial charge in [-0.25, -0.2) is 4.98 Å². The Hall–Kier alpha value is -0.840. The summed E-state index contributed by atoms with van der Waals surface area (Å²) in [6, 6.07) is 8.36. The minimum absolute atomic E-state index is 0.952. The lowest BCUT2D eigenvalue weighted by Gasteiger charge is -1.96. The molecule has 13 heavy (non-hydrogen) atoms. The van der Waals surface area contributed by atoms with E-state index in [1.165, 1.54) is 9.13 Å². The number of nitrogens with zero attached hydrogens (tertiary/aromatic N) is 1. The molecule has 1 aromatic heterocycles. The lowest BCUT2D eigenvalue weighted by molar-refractivity contribution is 1.15. The van der Waals surface area contributed by atoms with Crippen LogP contribution in [-0.4, -0.2) is 9.97 Å². The number of rotatable bonds is 1. The normalized spacial score (nSPS) is 10.3. The van der Waals surface area contributed by atoms with E-state index in [4.69, 9.17) is 0 Å². The molecule has 3 heteroatoms. The molecule has 0 aliphatic rings. The number of nitrogens with one attached hydrogen (secondary N) is 1. The molecule has 0 aliphatic heterocycles. The Bertz CT molecular complexity index is 403. The van der Waals surface area contributed by atoms with Crippen LogP contribution in [0, 0.1) is 10.5 Å². The second kappa shape index (κ2) is 3.49. The van der Waals surface area contributed by atoms with Gasteiger partial charge in [0.25, 0.3) is 0 Å². The molecule has 0 atom stereocenters. The van der Waals surface area contributed by atoms with Gasteiger partial charge in [0.05, 0.1) is 11.9 Å². The maximum atomic E-state index is 4.16. The Morgan fingerprint density at radius 3 is 2.46 bits per heavy atom. The van der Waals surface area contributed by atoms with Crippen molar-refractivity contribution >= 4 is 22.6 Å². The van der Waals surface area contributed by atoms with Crippen molar-refractivity contribution in [2.45, 2.75) is 6.92 Å². The van der Waals surface area contributed by atoms with Crippen LogP contribution in [0.15, 0.2) is 30.5 Å². The van der Waals surface area contributed by atoms with Gasteiger partial charge in [0.2, 0.25) is 0 Å². The minimum Gasteiger partial charge on any atom is -0.342 e. The number of aryl methyl sites for hydroxylation is 1. The fourth-order valence-electron chi connectivity index (χ4n) is 1.20. The fraction of sp³-hybridized carbons (Fsp3) is 0.100. The molecule has 0 unspecified atom stereocenters. The van der Waals surface area contributed by atoms with E-state index in [0.717, 1.165) is 11.5 Å². The zero-order valence-electron chi connectivity index (χ0n) is 7.21. The van der Waals surface area contributed by atoms with Crippen molar-refractivity contribution in [1.82, 2.24) is 9.97 Å². The Kier molecular flexibility index (Phi) is 2.35. The van der Waals surface area contributed by atoms with Crippen LogP contribution >= 0.6 is 22.6 Å². The lowest BCUT2D eigenvalue weighted by atomic mass is 10.2. The summed E-state index contributed by atoms with van der Waals surface area (Å²) in [5, 5.41) is 0. The van der Waals surface area contributed by atoms with E-state index in [1.54, 1.807) is 0 Å². The lowest BCUT2D eigenvalue weighted by Crippen LogP contribution is -1.78. The van der Waals surface area contributed by atoms with Crippen molar-refractivity contribution in [2.24, 2.45) is 0 Å². The number of aromatic amines is 1. The Balaban J connectivity index is 2.41. The average Bonchev–Trinajstić information content (AvgIpc) is 2.53. The molecule has 0 radical (unpaired) electrons. The molecule has 0 aliphatic carbocycles. The van der Waals surface area contributed by atoms with Gasteiger partial charge in [0, 0.05) is 3.57 Å². The van der Waals surface area contributed by atoms with Gasteiger partial charge in [-0.3, -0.25) is 0 Å². The SMILES string of the molecule is Cc1ncc(-c2ccc(I)cc2)[nH]1. The van der Waals surface area contributed by atoms with Crippen LogP contribution in [0.1, 0.15) is 5.82 Å². The van der Waals surface area contributed by atoms with Crippen LogP contribution in [-0.2, 0) is 0 Å². The Labute approximate surface area is 90.5 Å². The maximum absolute atomic E-state index is 4.16. The topological polar surface area (TPSA) is 28.7 Å². The highest BCUT2D eigenvalue weighted by Crippen LogP contribution is 2.17. The molecular weight excluding hydrogens is 275 g/mol. The molecule has 0 spiro atoms. The first-order chi connectivity index (χ1) is 6.25. The zero-order chi connectivity index (χ0) is 9.26. The van der Waals surface area contributed by atoms with E-state index >= 15 is 0 Å². The molecule has 0 saturated carbocycles. The van der Waals surface area contributed by atoms with Crippen LogP contribution in [0.4, 0.5) is 0 Å². The van der Waals surface area contributed by atoms with Crippen molar-refractivity contribution in [1.29, 1.82) is 0 Å². The second-order valence-electron chi connectivity index (χ2n) is 2.89. The summed E-state index contributed by atoms with van der Waals surface area (Å²) in [4.78, 5) is 7.36. The second-order valence-corrected chi connectivity index (χ2v) is 4.13. The van der Waals surface area contributed by atoms with Gasteiger partial charge in [0.15, 0.2) is 0 Å². The third-order valence-electron chi connectivity index (χ3n) is 1.86. The number of H-pyrrole nitrogens is 1. The van der Waals surface area contributed by atoms with Crippen molar-refractivity contribution in [2.75, 3.05) is 0 Å². The van der Waals surface area contributed by atoms with E-state index in [2.05, 4.69) is 56.8 Å². The van der Waals surface area contributed by atoms with Crippen molar-refractivity contribution in [3.05, 3.63) is 39.9 Å². The fourth-order valence-corrected chi connectivity index (χ4v) is 1.56. The third kappa shape index (κ3) is 1.91. The van der Waals surface area contributed by atoms with E-state index in [-0.39, 0.29) is 0 Å². The van der Waals surface area contributed by atoms with Crippen molar-refractivity contribution in [3.8, 4) is 11.3 Å². The summed E-state index contributed by atoms with van der Waals surface area (Å²) in [5.74, 6) is 0.952. The standard InChI is InChI=1S/C10H9IN2/c1-7-12-6-10(13-7)8-2-4-9(11)5-3-8/h2-6H,1H3,(H,12,13). The first kappa shape index (κ1) is 8.74. The maximum Gasteiger partial charge on any atom is 0.103 e. The summed E-state index contributed by atoms with van der Waals surface area (Å²) in [6.07, 6.45) is 1.86. The van der Waals surface area contributed by atoms with Gasteiger partial charge >= 0.3 is 0 Å². The number of hydrogen-bond donors (Lipinski definition) is 1. The number of aromatic nitrogens is 2. The Morgan fingerprint density at radius 1 is 1.23 bits per heavy atom. The smallest absolute Gasteiger partial charge is 0.103 e. The van der Waals surface area contributed by atoms with Crippen LogP contribution in [0.2, 0.25) is 0 Å². The quantitative estimate of drug-likeness (QED) is 0.801. The first-order valence-corrected chi connectivity index (χ1v) is 5.11. The molecular formula is C10H9IN2. The molecule has 0 saturated heterocycles. The molecule has 0 amide bonds. The molecule has 1 heterocycles. The summed E-state index contributed by atoms with van der Waals surface area (Å²) in [5.41, 5.74) is 2.26. The van der Waals surface area contributed by atoms with E-state index in [9.17, 15) is 0 Å². The van der Waals surface area contributed by atoms with Crippen molar-refractivity contribution in [3.63, 3.8) is 0 Å². The predicted molar refractivity (Wildman–Crippen MR) is 61.5 cm³/mol. The molecule has 66 valence electrons. The van der Waals surface area contributed by atoms with Crippen LogP contribution in [0.3, 0.4) is 0 Å². The zero-order valence-corrected chi connectivity index (χ0v) is 9.37. The first-order valence-electron chi connectivity index (χ1n) is 4.03. The largest absolute Gasteiger partial charge is 0.342 e. The summed E-state index contributed by atoms with van der Waals surface area (Å²) >= 11 is 2.30. The monoisotopic (exact) mass is 284 g/mol. The van der Waals surface area contributed by atoms with E-state index < -0.39 is 0 Å². The summed E-state index contributed by atoms with van der Waals surface area (Å²) < 4.78 is 1.25. The number of hydrogen-bond acceptors (Lipinski definition) is 1. The highest BCUT2D eigenvalue weighted by molar-refractivity contribution is 14.1. The summed E-state index contributed by atoms with van der Waals surface area (Å²) in [7, 11) is 0. The van der Waals surface area contributed by atoms with Crippen LogP contribution < -0.4 is 0 Å². The van der Waals surface area contributed by atoms with Crippen LogP contribution in [0.25, 0.3) is 11.3 Å². The number of halogens is 1.